The maximum atomic E-state index is 13.6. The second-order valence-corrected chi connectivity index (χ2v) is 17.4. The maximum absolute atomic E-state index is 13.6. The lowest BCUT2D eigenvalue weighted by atomic mass is 10.0. The molecule has 0 aromatic heterocycles. The molecule has 0 aliphatic carbocycles. The molecule has 6 nitrogen and oxygen atoms in total. The molecular formula is C35H46N2O4Si. The van der Waals surface area contributed by atoms with Gasteiger partial charge in [0, 0.05) is 13.1 Å². The highest BCUT2D eigenvalue weighted by Crippen LogP contribution is 2.40. The van der Waals surface area contributed by atoms with E-state index in [2.05, 4.69) is 75.9 Å². The van der Waals surface area contributed by atoms with Gasteiger partial charge in [-0.1, -0.05) is 118 Å². The molecule has 7 heteroatoms. The molecule has 1 heterocycles. The smallest absolute Gasteiger partial charge is 0.410 e. The molecule has 3 aromatic rings. The number of benzene rings is 3. The van der Waals surface area contributed by atoms with Crippen molar-refractivity contribution in [2.45, 2.75) is 83.3 Å². The Balaban J connectivity index is 1.73. The van der Waals surface area contributed by atoms with Crippen molar-refractivity contribution in [3.05, 3.63) is 109 Å². The molecule has 0 saturated carbocycles. The van der Waals surface area contributed by atoms with Crippen LogP contribution in [0.2, 0.25) is 5.04 Å². The molecule has 3 aromatic carbocycles. The molecule has 1 aliphatic heterocycles. The van der Waals surface area contributed by atoms with E-state index in [1.54, 1.807) is 11.0 Å². The molecule has 0 radical (unpaired) electrons. The molecular weight excluding hydrogens is 540 g/mol. The van der Waals surface area contributed by atoms with E-state index in [-0.39, 0.29) is 11.1 Å². The third-order valence-electron chi connectivity index (χ3n) is 7.86. The van der Waals surface area contributed by atoms with Gasteiger partial charge in [0.25, 0.3) is 8.32 Å². The van der Waals surface area contributed by atoms with Gasteiger partial charge < -0.3 is 19.3 Å². The summed E-state index contributed by atoms with van der Waals surface area (Å²) in [5.41, 5.74) is 0.305. The summed E-state index contributed by atoms with van der Waals surface area (Å²) in [7, 11) is -2.87. The van der Waals surface area contributed by atoms with E-state index in [1.165, 1.54) is 15.4 Å². The van der Waals surface area contributed by atoms with Crippen molar-refractivity contribution in [2.24, 2.45) is 0 Å². The Hall–Kier alpha value is -3.23. The molecule has 3 atom stereocenters. The zero-order chi connectivity index (χ0) is 30.5. The van der Waals surface area contributed by atoms with Gasteiger partial charge in [0.1, 0.15) is 5.60 Å². The number of hydrogen-bond donors (Lipinski definition) is 1. The molecule has 0 bridgehead atoms. The normalized spacial score (nSPS) is 18.6. The first kappa shape index (κ1) is 31.7. The van der Waals surface area contributed by atoms with Crippen LogP contribution < -0.4 is 10.4 Å². The fourth-order valence-electron chi connectivity index (χ4n) is 6.06. The molecule has 1 fully saturated rings. The van der Waals surface area contributed by atoms with Crippen LogP contribution in [-0.4, -0.2) is 59.9 Å². The summed E-state index contributed by atoms with van der Waals surface area (Å²) in [4.78, 5) is 15.4. The van der Waals surface area contributed by atoms with Gasteiger partial charge in [0.15, 0.2) is 0 Å². The Morgan fingerprint density at radius 1 is 0.952 bits per heavy atom. The highest BCUT2D eigenvalue weighted by Gasteiger charge is 2.54. The summed E-state index contributed by atoms with van der Waals surface area (Å²) in [5.74, 6) is 0. The lowest BCUT2D eigenvalue weighted by molar-refractivity contribution is -0.136. The molecule has 1 aliphatic rings. The van der Waals surface area contributed by atoms with E-state index in [9.17, 15) is 10.0 Å². The summed E-state index contributed by atoms with van der Waals surface area (Å²) in [6, 6.07) is 29.9. The largest absolute Gasteiger partial charge is 0.444 e. The molecule has 0 unspecified atom stereocenters. The summed E-state index contributed by atoms with van der Waals surface area (Å²) < 4.78 is 13.3. The van der Waals surface area contributed by atoms with Gasteiger partial charge in [-0.15, -0.1) is 6.58 Å². The molecule has 42 heavy (non-hydrogen) atoms. The molecule has 0 spiro atoms. The number of amides is 1. The first-order valence-electron chi connectivity index (χ1n) is 14.8. The molecule has 1 saturated heterocycles. The van der Waals surface area contributed by atoms with Crippen molar-refractivity contribution >= 4 is 24.8 Å². The van der Waals surface area contributed by atoms with E-state index in [0.29, 0.717) is 19.5 Å². The number of hydroxylamine groups is 2. The van der Waals surface area contributed by atoms with Crippen molar-refractivity contribution in [1.82, 2.24) is 9.96 Å². The number of likely N-dealkylation sites (tertiary alicyclic amines) is 1. The Labute approximate surface area is 252 Å². The van der Waals surface area contributed by atoms with Crippen LogP contribution >= 0.6 is 0 Å². The first-order valence-corrected chi connectivity index (χ1v) is 16.7. The van der Waals surface area contributed by atoms with Crippen LogP contribution in [0.5, 0.6) is 0 Å². The van der Waals surface area contributed by atoms with Gasteiger partial charge in [0.05, 0.1) is 18.2 Å². The highest BCUT2D eigenvalue weighted by atomic mass is 28.4. The average Bonchev–Trinajstić information content (AvgIpc) is 3.35. The van der Waals surface area contributed by atoms with Crippen LogP contribution in [0, 0.1) is 0 Å². The topological polar surface area (TPSA) is 62.2 Å². The number of hydrogen-bond acceptors (Lipinski definition) is 5. The quantitative estimate of drug-likeness (QED) is 0.179. The van der Waals surface area contributed by atoms with Crippen molar-refractivity contribution in [2.75, 3.05) is 6.54 Å². The van der Waals surface area contributed by atoms with Crippen molar-refractivity contribution in [3.63, 3.8) is 0 Å². The van der Waals surface area contributed by atoms with Crippen LogP contribution in [0.25, 0.3) is 0 Å². The van der Waals surface area contributed by atoms with Crippen molar-refractivity contribution < 1.29 is 19.2 Å². The number of rotatable bonds is 9. The Kier molecular flexibility index (Phi) is 9.78. The van der Waals surface area contributed by atoms with E-state index < -0.39 is 32.1 Å². The lowest BCUT2D eigenvalue weighted by Gasteiger charge is -2.44. The predicted octanol–water partition coefficient (Wildman–Crippen LogP) is 6.39. The molecule has 224 valence electrons. The standard InChI is InChI=1S/C35H46N2O4Si/c1-8-31(37(39)25-27-18-12-9-13-19-27)32-24-28(26-36(32)33(38)40-34(2,3)4)41-42(35(5,6)7,29-20-14-10-15-21-29)30-22-16-11-17-23-30/h8-23,28,31-32,39H,1,24-26H2,2-7H3/t28-,31+,32-/m1/s1. The van der Waals surface area contributed by atoms with Gasteiger partial charge in [-0.25, -0.2) is 4.79 Å². The highest BCUT2D eigenvalue weighted by molar-refractivity contribution is 6.99. The van der Waals surface area contributed by atoms with Crippen molar-refractivity contribution in [1.29, 1.82) is 0 Å². The third kappa shape index (κ3) is 7.04. The van der Waals surface area contributed by atoms with Gasteiger partial charge in [-0.05, 0) is 48.2 Å². The molecule has 1 amide bonds. The summed E-state index contributed by atoms with van der Waals surface area (Å²) in [6.07, 6.45) is 1.56. The third-order valence-corrected chi connectivity index (χ3v) is 13.0. The van der Waals surface area contributed by atoms with Crippen LogP contribution in [0.15, 0.2) is 104 Å². The fraction of sp³-hybridized carbons (Fsp3) is 0.400. The second-order valence-electron chi connectivity index (χ2n) is 13.1. The van der Waals surface area contributed by atoms with Crippen LogP contribution in [-0.2, 0) is 15.7 Å². The van der Waals surface area contributed by atoms with Gasteiger partial charge in [0.2, 0.25) is 0 Å². The summed E-state index contributed by atoms with van der Waals surface area (Å²) in [6.45, 7) is 17.1. The van der Waals surface area contributed by atoms with E-state index in [1.807, 2.05) is 63.2 Å². The summed E-state index contributed by atoms with van der Waals surface area (Å²) >= 11 is 0. The number of ether oxygens (including phenoxy) is 1. The molecule has 1 N–H and O–H groups in total. The van der Waals surface area contributed by atoms with Gasteiger partial charge in [-0.2, -0.15) is 5.06 Å². The monoisotopic (exact) mass is 586 g/mol. The van der Waals surface area contributed by atoms with Crippen LogP contribution in [0.4, 0.5) is 4.79 Å². The Morgan fingerprint density at radius 2 is 1.45 bits per heavy atom. The Morgan fingerprint density at radius 3 is 1.90 bits per heavy atom. The maximum Gasteiger partial charge on any atom is 0.410 e. The lowest BCUT2D eigenvalue weighted by Crippen LogP contribution is -2.67. The fourth-order valence-corrected chi connectivity index (χ4v) is 10.7. The average molecular weight is 587 g/mol. The zero-order valence-corrected chi connectivity index (χ0v) is 26.9. The number of carbonyl (C=O) groups is 1. The van der Waals surface area contributed by atoms with Gasteiger partial charge in [-0.3, -0.25) is 0 Å². The SMILES string of the molecule is C=C[C@@H]([C@H]1C[C@@H](O[Si](c2ccccc2)(c2ccccc2)C(C)(C)C)CN1C(=O)OC(C)(C)C)N(O)Cc1ccccc1. The van der Waals surface area contributed by atoms with Crippen LogP contribution in [0.3, 0.4) is 0 Å². The number of carbonyl (C=O) groups excluding carboxylic acids is 1. The minimum atomic E-state index is -2.87. The van der Waals surface area contributed by atoms with E-state index in [4.69, 9.17) is 9.16 Å². The predicted molar refractivity (Wildman–Crippen MR) is 172 cm³/mol. The van der Waals surface area contributed by atoms with Gasteiger partial charge >= 0.3 is 6.09 Å². The number of nitrogens with zero attached hydrogens (tertiary/aromatic N) is 2. The minimum Gasteiger partial charge on any atom is -0.444 e. The second kappa shape index (κ2) is 13.0. The van der Waals surface area contributed by atoms with E-state index >= 15 is 0 Å². The van der Waals surface area contributed by atoms with Crippen LogP contribution in [0.1, 0.15) is 53.5 Å². The van der Waals surface area contributed by atoms with E-state index in [0.717, 1.165) is 5.56 Å². The Bertz CT molecular complexity index is 1270. The zero-order valence-electron chi connectivity index (χ0n) is 25.9. The summed E-state index contributed by atoms with van der Waals surface area (Å²) in [5, 5.41) is 14.7. The minimum absolute atomic E-state index is 0.210. The first-order chi connectivity index (χ1) is 19.9. The van der Waals surface area contributed by atoms with Crippen molar-refractivity contribution in [3.8, 4) is 0 Å². The molecule has 4 rings (SSSR count).